The Labute approximate surface area is 189 Å². The Morgan fingerprint density at radius 2 is 2.10 bits per heavy atom. The van der Waals surface area contributed by atoms with Crippen molar-refractivity contribution < 1.29 is 9.13 Å². The van der Waals surface area contributed by atoms with Crippen LogP contribution in [0.1, 0.15) is 37.7 Å². The Balaban J connectivity index is 0.00000300. The van der Waals surface area contributed by atoms with Gasteiger partial charge >= 0.3 is 0 Å². The van der Waals surface area contributed by atoms with E-state index in [1.54, 1.807) is 49.6 Å². The number of guanidine groups is 1. The summed E-state index contributed by atoms with van der Waals surface area (Å²) in [4.78, 5) is 8.28. The van der Waals surface area contributed by atoms with Crippen LogP contribution in [0.25, 0.3) is 5.69 Å². The number of nitrogens with zero attached hydrogens (tertiary/aromatic N) is 3. The molecule has 160 valence electrons. The second-order valence-electron chi connectivity index (χ2n) is 7.48. The number of hydrogen-bond donors (Lipinski definition) is 2. The van der Waals surface area contributed by atoms with E-state index in [2.05, 4.69) is 20.6 Å². The first-order valence-electron chi connectivity index (χ1n) is 9.86. The van der Waals surface area contributed by atoms with Crippen molar-refractivity contribution in [2.24, 2.45) is 10.4 Å². The molecule has 1 aliphatic rings. The van der Waals surface area contributed by atoms with Gasteiger partial charge in [-0.05, 0) is 42.4 Å². The van der Waals surface area contributed by atoms with Gasteiger partial charge in [-0.1, -0.05) is 18.9 Å². The van der Waals surface area contributed by atoms with Gasteiger partial charge in [0.25, 0.3) is 0 Å². The Morgan fingerprint density at radius 3 is 2.72 bits per heavy atom. The van der Waals surface area contributed by atoms with Crippen LogP contribution in [0.2, 0.25) is 0 Å². The fraction of sp³-hybridized carbons (Fsp3) is 0.524. The monoisotopic (exact) mass is 515 g/mol. The fourth-order valence-corrected chi connectivity index (χ4v) is 3.91. The number of aliphatic imine (C=N–C) groups is 1. The van der Waals surface area contributed by atoms with Crippen molar-refractivity contribution in [1.82, 2.24) is 20.2 Å². The normalized spacial score (nSPS) is 15.8. The number of halogens is 2. The van der Waals surface area contributed by atoms with Gasteiger partial charge in [0.1, 0.15) is 5.82 Å². The summed E-state index contributed by atoms with van der Waals surface area (Å²) in [5.74, 6) is 0.465. The topological polar surface area (TPSA) is 63.5 Å². The molecule has 3 rings (SSSR count). The minimum Gasteiger partial charge on any atom is -0.385 e. The summed E-state index contributed by atoms with van der Waals surface area (Å²) < 4.78 is 21.4. The van der Waals surface area contributed by atoms with Crippen molar-refractivity contribution in [3.63, 3.8) is 0 Å². The number of aromatic nitrogens is 2. The number of rotatable bonds is 8. The maximum absolute atomic E-state index is 14.4. The largest absolute Gasteiger partial charge is 0.385 e. The van der Waals surface area contributed by atoms with E-state index in [1.807, 2.05) is 6.07 Å². The third kappa shape index (κ3) is 6.40. The molecule has 0 atom stereocenters. The number of imidazole rings is 1. The zero-order valence-electron chi connectivity index (χ0n) is 17.2. The smallest absolute Gasteiger partial charge is 0.191 e. The molecule has 2 N–H and O–H groups in total. The Hall–Kier alpha value is -1.68. The Morgan fingerprint density at radius 1 is 1.31 bits per heavy atom. The van der Waals surface area contributed by atoms with Gasteiger partial charge in [0.05, 0.1) is 12.0 Å². The number of ether oxygens (including phenoxy) is 1. The average molecular weight is 515 g/mol. The molecule has 1 aromatic carbocycles. The van der Waals surface area contributed by atoms with Crippen LogP contribution in [-0.2, 0) is 11.3 Å². The van der Waals surface area contributed by atoms with Crippen LogP contribution in [0.4, 0.5) is 4.39 Å². The van der Waals surface area contributed by atoms with Crippen LogP contribution in [0.15, 0.2) is 41.9 Å². The van der Waals surface area contributed by atoms with Gasteiger partial charge in [-0.2, -0.15) is 0 Å². The third-order valence-electron chi connectivity index (χ3n) is 5.61. The molecule has 1 saturated carbocycles. The SMILES string of the molecule is CN=C(NCc1ccc(-n2ccnc2)c(F)c1)NCC1(CCOC)CCCC1.I. The quantitative estimate of drug-likeness (QED) is 0.318. The van der Waals surface area contributed by atoms with Gasteiger partial charge in [0, 0.05) is 46.2 Å². The van der Waals surface area contributed by atoms with Gasteiger partial charge in [-0.25, -0.2) is 9.37 Å². The molecule has 6 nitrogen and oxygen atoms in total. The van der Waals surface area contributed by atoms with Crippen LogP contribution in [0, 0.1) is 11.2 Å². The van der Waals surface area contributed by atoms with Crippen molar-refractivity contribution in [1.29, 1.82) is 0 Å². The van der Waals surface area contributed by atoms with E-state index in [-0.39, 0.29) is 35.2 Å². The molecule has 1 heterocycles. The number of nitrogens with one attached hydrogen (secondary N) is 2. The first kappa shape index (κ1) is 23.6. The zero-order valence-corrected chi connectivity index (χ0v) is 19.5. The highest BCUT2D eigenvalue weighted by atomic mass is 127. The number of benzene rings is 1. The zero-order chi connectivity index (χ0) is 19.8. The fourth-order valence-electron chi connectivity index (χ4n) is 3.91. The van der Waals surface area contributed by atoms with E-state index >= 15 is 0 Å². The van der Waals surface area contributed by atoms with Gasteiger partial charge in [0.2, 0.25) is 0 Å². The van der Waals surface area contributed by atoms with Gasteiger partial charge < -0.3 is 19.9 Å². The Bertz CT molecular complexity index is 775. The molecule has 29 heavy (non-hydrogen) atoms. The molecule has 0 spiro atoms. The van der Waals surface area contributed by atoms with Crippen LogP contribution in [0.5, 0.6) is 0 Å². The van der Waals surface area contributed by atoms with Gasteiger partial charge in [-0.15, -0.1) is 24.0 Å². The van der Waals surface area contributed by atoms with Crippen LogP contribution in [-0.4, -0.2) is 42.8 Å². The highest BCUT2D eigenvalue weighted by Gasteiger charge is 2.33. The molecule has 0 unspecified atom stereocenters. The second-order valence-corrected chi connectivity index (χ2v) is 7.48. The molecule has 2 aromatic rings. The maximum atomic E-state index is 14.4. The lowest BCUT2D eigenvalue weighted by molar-refractivity contribution is 0.138. The van der Waals surface area contributed by atoms with Gasteiger partial charge in [0.15, 0.2) is 5.96 Å². The number of methoxy groups -OCH3 is 1. The molecular weight excluding hydrogens is 484 g/mol. The van der Waals surface area contributed by atoms with E-state index in [0.717, 1.165) is 31.1 Å². The number of hydrogen-bond acceptors (Lipinski definition) is 3. The summed E-state index contributed by atoms with van der Waals surface area (Å²) in [7, 11) is 3.52. The molecule has 0 radical (unpaired) electrons. The van der Waals surface area contributed by atoms with Crippen LogP contribution in [0.3, 0.4) is 0 Å². The highest BCUT2D eigenvalue weighted by Crippen LogP contribution is 2.40. The lowest BCUT2D eigenvalue weighted by atomic mass is 9.83. The predicted molar refractivity (Wildman–Crippen MR) is 125 cm³/mol. The molecule has 0 saturated heterocycles. The predicted octanol–water partition coefficient (Wildman–Crippen LogP) is 3.89. The van der Waals surface area contributed by atoms with Crippen molar-refractivity contribution in [3.05, 3.63) is 48.3 Å². The molecule has 1 aromatic heterocycles. The minimum atomic E-state index is -0.273. The molecule has 1 aliphatic carbocycles. The van der Waals surface area contributed by atoms with Crippen molar-refractivity contribution in [2.75, 3.05) is 27.3 Å². The van der Waals surface area contributed by atoms with E-state index < -0.39 is 0 Å². The standard InChI is InChI=1S/C21H30FN5O.HI/c1-23-20(26-15-21(9-12-28-2)7-3-4-8-21)25-14-17-5-6-19(18(22)13-17)27-11-10-24-16-27;/h5-6,10-11,13,16H,3-4,7-9,12,14-15H2,1-2H3,(H2,23,25,26);1H. The summed E-state index contributed by atoms with van der Waals surface area (Å²) >= 11 is 0. The van der Waals surface area contributed by atoms with E-state index in [4.69, 9.17) is 4.74 Å². The summed E-state index contributed by atoms with van der Waals surface area (Å²) in [6.45, 7) is 2.17. The minimum absolute atomic E-state index is 0. The van der Waals surface area contributed by atoms with Crippen molar-refractivity contribution in [3.8, 4) is 5.69 Å². The molecule has 0 aliphatic heterocycles. The highest BCUT2D eigenvalue weighted by molar-refractivity contribution is 14.0. The summed E-state index contributed by atoms with van der Waals surface area (Å²) in [6.07, 6.45) is 11.0. The lowest BCUT2D eigenvalue weighted by Gasteiger charge is -2.30. The summed E-state index contributed by atoms with van der Waals surface area (Å²) in [6, 6.07) is 5.23. The van der Waals surface area contributed by atoms with Crippen LogP contribution < -0.4 is 10.6 Å². The van der Waals surface area contributed by atoms with Crippen molar-refractivity contribution in [2.45, 2.75) is 38.6 Å². The Kier molecular flexibility index (Phi) is 9.35. The average Bonchev–Trinajstić information content (AvgIpc) is 3.39. The molecule has 8 heteroatoms. The summed E-state index contributed by atoms with van der Waals surface area (Å²) in [5.41, 5.74) is 1.64. The maximum Gasteiger partial charge on any atom is 0.191 e. The molecule has 0 amide bonds. The third-order valence-corrected chi connectivity index (χ3v) is 5.61. The van der Waals surface area contributed by atoms with Crippen molar-refractivity contribution >= 4 is 29.9 Å². The van der Waals surface area contributed by atoms with E-state index in [0.29, 0.717) is 12.2 Å². The summed E-state index contributed by atoms with van der Waals surface area (Å²) in [5, 5.41) is 6.74. The lowest BCUT2D eigenvalue weighted by Crippen LogP contribution is -2.43. The first-order valence-corrected chi connectivity index (χ1v) is 9.86. The van der Waals surface area contributed by atoms with E-state index in [1.165, 1.54) is 25.7 Å². The first-order chi connectivity index (χ1) is 13.7. The molecular formula is C21H31FIN5O. The van der Waals surface area contributed by atoms with Crippen LogP contribution >= 0.6 is 24.0 Å². The molecule has 1 fully saturated rings. The molecule has 0 bridgehead atoms. The van der Waals surface area contributed by atoms with E-state index in [9.17, 15) is 4.39 Å². The second kappa shape index (κ2) is 11.5. The van der Waals surface area contributed by atoms with Gasteiger partial charge in [-0.3, -0.25) is 4.99 Å².